The van der Waals surface area contributed by atoms with Crippen molar-refractivity contribution in [1.82, 2.24) is 15.6 Å². The molecule has 1 heterocycles. The molecule has 5 nitrogen and oxygen atoms in total. The highest BCUT2D eigenvalue weighted by atomic mass is 16.2. The van der Waals surface area contributed by atoms with Crippen LogP contribution in [0, 0.1) is 0 Å². The van der Waals surface area contributed by atoms with Crippen molar-refractivity contribution in [2.24, 2.45) is 5.10 Å². The topological polar surface area (TPSA) is 70.1 Å². The smallest absolute Gasteiger partial charge is 0.281 e. The maximum absolute atomic E-state index is 12.0. The third kappa shape index (κ3) is 3.78. The first-order valence-corrected chi connectivity index (χ1v) is 6.84. The van der Waals surface area contributed by atoms with Gasteiger partial charge in [0.05, 0.1) is 5.71 Å². The number of amides is 1. The van der Waals surface area contributed by atoms with Crippen LogP contribution in [0.25, 0.3) is 0 Å². The fourth-order valence-corrected chi connectivity index (χ4v) is 1.76. The zero-order chi connectivity index (χ0) is 15.5. The minimum Gasteiger partial charge on any atom is -0.281 e. The van der Waals surface area contributed by atoms with Crippen molar-refractivity contribution >= 4 is 11.6 Å². The van der Waals surface area contributed by atoms with E-state index in [2.05, 4.69) is 41.5 Å². The minimum atomic E-state index is -0.322. The molecule has 0 atom stereocenters. The fourth-order valence-electron chi connectivity index (χ4n) is 1.76. The quantitative estimate of drug-likeness (QED) is 0.672. The summed E-state index contributed by atoms with van der Waals surface area (Å²) in [4.78, 5) is 12.0. The first-order chi connectivity index (χ1) is 9.88. The van der Waals surface area contributed by atoms with Crippen LogP contribution in [0.4, 0.5) is 0 Å². The van der Waals surface area contributed by atoms with E-state index in [-0.39, 0.29) is 11.3 Å². The number of H-pyrrole nitrogens is 1. The zero-order valence-corrected chi connectivity index (χ0v) is 12.8. The highest BCUT2D eigenvalue weighted by Crippen LogP contribution is 2.20. The maximum Gasteiger partial charge on any atom is 0.291 e. The molecule has 0 aliphatic rings. The molecule has 2 aromatic rings. The second kappa shape index (κ2) is 5.91. The number of carbonyl (C=O) groups excluding carboxylic acids is 1. The Morgan fingerprint density at radius 3 is 2.48 bits per heavy atom. The molecule has 2 N–H and O–H groups in total. The Labute approximate surface area is 124 Å². The summed E-state index contributed by atoms with van der Waals surface area (Å²) in [7, 11) is 0. The van der Waals surface area contributed by atoms with Crippen molar-refractivity contribution in [2.75, 3.05) is 0 Å². The third-order valence-electron chi connectivity index (χ3n) is 3.14. The predicted octanol–water partition coefficient (Wildman–Crippen LogP) is 2.86. The Morgan fingerprint density at radius 2 is 1.90 bits per heavy atom. The lowest BCUT2D eigenvalue weighted by Gasteiger charge is -2.14. The third-order valence-corrected chi connectivity index (χ3v) is 3.14. The van der Waals surface area contributed by atoms with Gasteiger partial charge in [-0.25, -0.2) is 5.43 Å². The van der Waals surface area contributed by atoms with E-state index in [1.807, 2.05) is 37.3 Å². The molecular weight excluding hydrogens is 264 g/mol. The average Bonchev–Trinajstić information content (AvgIpc) is 2.95. The summed E-state index contributed by atoms with van der Waals surface area (Å²) in [5.41, 5.74) is 5.42. The molecule has 0 aliphatic heterocycles. The monoisotopic (exact) mass is 284 g/mol. The van der Waals surface area contributed by atoms with Crippen LogP contribution in [0.3, 0.4) is 0 Å². The van der Waals surface area contributed by atoms with Gasteiger partial charge in [0.1, 0.15) is 0 Å². The highest BCUT2D eigenvalue weighted by molar-refractivity contribution is 6.00. The van der Waals surface area contributed by atoms with Crippen molar-refractivity contribution in [3.63, 3.8) is 0 Å². The number of benzene rings is 1. The van der Waals surface area contributed by atoms with Gasteiger partial charge in [-0.05, 0) is 18.6 Å². The number of hydrazone groups is 1. The van der Waals surface area contributed by atoms with Gasteiger partial charge in [0.2, 0.25) is 0 Å². The van der Waals surface area contributed by atoms with Gasteiger partial charge in [0, 0.05) is 11.1 Å². The lowest BCUT2D eigenvalue weighted by Crippen LogP contribution is -2.19. The van der Waals surface area contributed by atoms with Gasteiger partial charge in [0.25, 0.3) is 5.91 Å². The normalized spacial score (nSPS) is 12.3. The molecule has 0 radical (unpaired) electrons. The number of nitrogens with one attached hydrogen (secondary N) is 2. The molecule has 1 aromatic carbocycles. The Hall–Kier alpha value is -2.43. The van der Waals surface area contributed by atoms with E-state index in [0.29, 0.717) is 5.69 Å². The molecule has 0 unspecified atom stereocenters. The Morgan fingerprint density at radius 1 is 1.24 bits per heavy atom. The van der Waals surface area contributed by atoms with Crippen LogP contribution < -0.4 is 5.43 Å². The van der Waals surface area contributed by atoms with Crippen LogP contribution in [0.1, 0.15) is 49.4 Å². The number of rotatable bonds is 3. The van der Waals surface area contributed by atoms with Crippen molar-refractivity contribution in [1.29, 1.82) is 0 Å². The Balaban J connectivity index is 2.07. The highest BCUT2D eigenvalue weighted by Gasteiger charge is 2.19. The fraction of sp³-hybridized carbons (Fsp3) is 0.312. The van der Waals surface area contributed by atoms with Gasteiger partial charge in [-0.2, -0.15) is 10.2 Å². The van der Waals surface area contributed by atoms with Gasteiger partial charge in [-0.15, -0.1) is 0 Å². The van der Waals surface area contributed by atoms with Crippen molar-refractivity contribution in [2.45, 2.75) is 33.1 Å². The Kier molecular flexibility index (Phi) is 4.21. The van der Waals surface area contributed by atoms with Crippen molar-refractivity contribution in [3.05, 3.63) is 53.3 Å². The van der Waals surface area contributed by atoms with Gasteiger partial charge < -0.3 is 0 Å². The number of nitrogens with zero attached hydrogens (tertiary/aromatic N) is 2. The minimum absolute atomic E-state index is 0.0746. The molecule has 0 aliphatic carbocycles. The molecule has 21 heavy (non-hydrogen) atoms. The summed E-state index contributed by atoms with van der Waals surface area (Å²) < 4.78 is 0. The second-order valence-corrected chi connectivity index (χ2v) is 5.92. The number of hydrogen-bond donors (Lipinski definition) is 2. The lowest BCUT2D eigenvalue weighted by molar-refractivity contribution is 0.0950. The van der Waals surface area contributed by atoms with Crippen LogP contribution in [0.15, 0.2) is 41.5 Å². The first kappa shape index (κ1) is 15.0. The summed E-state index contributed by atoms with van der Waals surface area (Å²) in [5, 5.41) is 11.0. The molecule has 0 bridgehead atoms. The van der Waals surface area contributed by atoms with Gasteiger partial charge in [-0.1, -0.05) is 51.1 Å². The molecule has 0 saturated carbocycles. The van der Waals surface area contributed by atoms with Gasteiger partial charge in [0.15, 0.2) is 5.69 Å². The molecule has 110 valence electrons. The van der Waals surface area contributed by atoms with Crippen LogP contribution in [0.2, 0.25) is 0 Å². The molecule has 2 rings (SSSR count). The summed E-state index contributed by atoms with van der Waals surface area (Å²) in [5.74, 6) is -0.322. The van der Waals surface area contributed by atoms with Crippen molar-refractivity contribution in [3.8, 4) is 0 Å². The number of aromatic nitrogens is 2. The van der Waals surface area contributed by atoms with E-state index in [4.69, 9.17) is 0 Å². The average molecular weight is 284 g/mol. The Bertz CT molecular complexity index is 650. The van der Waals surface area contributed by atoms with E-state index in [1.54, 1.807) is 6.07 Å². The molecule has 1 amide bonds. The second-order valence-electron chi connectivity index (χ2n) is 5.92. The number of carbonyl (C=O) groups is 1. The van der Waals surface area contributed by atoms with Crippen LogP contribution >= 0.6 is 0 Å². The largest absolute Gasteiger partial charge is 0.291 e. The number of aromatic amines is 1. The first-order valence-electron chi connectivity index (χ1n) is 6.84. The van der Waals surface area contributed by atoms with Crippen LogP contribution in [-0.2, 0) is 5.41 Å². The van der Waals surface area contributed by atoms with E-state index in [0.717, 1.165) is 17.0 Å². The van der Waals surface area contributed by atoms with E-state index >= 15 is 0 Å². The standard InChI is InChI=1S/C16H20N4O/c1-11(12-8-6-5-7-9-12)17-20-15(21)13-10-14(19-18-13)16(2,3)4/h5-10H,1-4H3,(H,18,19)(H,20,21)/b17-11-. The predicted molar refractivity (Wildman–Crippen MR) is 83.4 cm³/mol. The van der Waals surface area contributed by atoms with Gasteiger partial charge in [-0.3, -0.25) is 9.89 Å². The summed E-state index contributed by atoms with van der Waals surface area (Å²) >= 11 is 0. The van der Waals surface area contributed by atoms with Crippen LogP contribution in [-0.4, -0.2) is 21.8 Å². The lowest BCUT2D eigenvalue weighted by atomic mass is 9.92. The van der Waals surface area contributed by atoms with Crippen LogP contribution in [0.5, 0.6) is 0 Å². The summed E-state index contributed by atoms with van der Waals surface area (Å²) in [6.45, 7) is 8.01. The van der Waals surface area contributed by atoms with Crippen molar-refractivity contribution < 1.29 is 4.79 Å². The molecular formula is C16H20N4O. The molecule has 0 saturated heterocycles. The van der Waals surface area contributed by atoms with Gasteiger partial charge >= 0.3 is 0 Å². The molecule has 5 heteroatoms. The number of hydrogen-bond acceptors (Lipinski definition) is 3. The maximum atomic E-state index is 12.0. The zero-order valence-electron chi connectivity index (χ0n) is 12.8. The molecule has 0 fully saturated rings. The van der Waals surface area contributed by atoms with E-state index in [9.17, 15) is 4.79 Å². The van der Waals surface area contributed by atoms with E-state index in [1.165, 1.54) is 0 Å². The molecule has 1 aromatic heterocycles. The molecule has 0 spiro atoms. The van der Waals surface area contributed by atoms with E-state index < -0.39 is 0 Å². The SMILES string of the molecule is C/C(=N/NC(=O)c1cc(C(C)(C)C)[nH]n1)c1ccccc1. The summed E-state index contributed by atoms with van der Waals surface area (Å²) in [6.07, 6.45) is 0. The summed E-state index contributed by atoms with van der Waals surface area (Å²) in [6, 6.07) is 11.4.